The molecule has 0 unspecified atom stereocenters. The van der Waals surface area contributed by atoms with Crippen LogP contribution in [0, 0.1) is 0 Å². The summed E-state index contributed by atoms with van der Waals surface area (Å²) in [6, 6.07) is 3.44. The molecule has 0 atom stereocenters. The van der Waals surface area contributed by atoms with Crippen LogP contribution >= 0.6 is 0 Å². The van der Waals surface area contributed by atoms with Crippen molar-refractivity contribution in [2.45, 2.75) is 19.9 Å². The lowest BCUT2D eigenvalue weighted by Crippen LogP contribution is -2.30. The van der Waals surface area contributed by atoms with Crippen LogP contribution in [0.3, 0.4) is 0 Å². The Morgan fingerprint density at radius 1 is 1.53 bits per heavy atom. The fourth-order valence-electron chi connectivity index (χ4n) is 1.30. The van der Waals surface area contributed by atoms with Gasteiger partial charge in [0.1, 0.15) is 12.2 Å². The van der Waals surface area contributed by atoms with E-state index in [1.54, 1.807) is 22.9 Å². The Bertz CT molecular complexity index is 357. The van der Waals surface area contributed by atoms with Gasteiger partial charge in [-0.1, -0.05) is 6.92 Å². The lowest BCUT2D eigenvalue weighted by atomic mass is 10.3. The number of aryl methyl sites for hydroxylation is 1. The van der Waals surface area contributed by atoms with Crippen LogP contribution in [-0.4, -0.2) is 28.1 Å². The van der Waals surface area contributed by atoms with Crippen LogP contribution in [0.15, 0.2) is 18.3 Å². The number of aromatic nitrogens is 1. The van der Waals surface area contributed by atoms with Crippen molar-refractivity contribution in [3.8, 4) is 0 Å². The number of carboxylic acids is 1. The van der Waals surface area contributed by atoms with Gasteiger partial charge in [-0.3, -0.25) is 9.59 Å². The lowest BCUT2D eigenvalue weighted by Gasteiger charge is -2.07. The van der Waals surface area contributed by atoms with Crippen molar-refractivity contribution in [3.05, 3.63) is 24.0 Å². The van der Waals surface area contributed by atoms with Crippen molar-refractivity contribution in [3.63, 3.8) is 0 Å². The van der Waals surface area contributed by atoms with E-state index in [0.29, 0.717) is 5.69 Å². The molecule has 1 amide bonds. The quantitative estimate of drug-likeness (QED) is 0.752. The van der Waals surface area contributed by atoms with Crippen LogP contribution in [0.2, 0.25) is 0 Å². The van der Waals surface area contributed by atoms with E-state index in [9.17, 15) is 9.59 Å². The zero-order valence-corrected chi connectivity index (χ0v) is 8.56. The molecule has 2 N–H and O–H groups in total. The molecule has 15 heavy (non-hydrogen) atoms. The van der Waals surface area contributed by atoms with Gasteiger partial charge in [-0.15, -0.1) is 0 Å². The van der Waals surface area contributed by atoms with Gasteiger partial charge in [0.15, 0.2) is 0 Å². The zero-order chi connectivity index (χ0) is 11.3. The number of carbonyl (C=O) groups is 2. The number of carbonyl (C=O) groups excluding carboxylic acids is 1. The molecule has 82 valence electrons. The summed E-state index contributed by atoms with van der Waals surface area (Å²) < 4.78 is 1.80. The summed E-state index contributed by atoms with van der Waals surface area (Å²) in [7, 11) is 0. The van der Waals surface area contributed by atoms with Gasteiger partial charge in [0.05, 0.1) is 0 Å². The first-order valence-electron chi connectivity index (χ1n) is 4.80. The van der Waals surface area contributed by atoms with Crippen LogP contribution < -0.4 is 5.32 Å². The molecular weight excluding hydrogens is 196 g/mol. The summed E-state index contributed by atoms with van der Waals surface area (Å²) in [4.78, 5) is 21.8. The second kappa shape index (κ2) is 5.19. The number of hydrogen-bond acceptors (Lipinski definition) is 2. The summed E-state index contributed by atoms with van der Waals surface area (Å²) >= 11 is 0. The number of aliphatic carboxylic acids is 1. The molecule has 0 aliphatic carbocycles. The largest absolute Gasteiger partial charge is 0.480 e. The van der Waals surface area contributed by atoms with Crippen molar-refractivity contribution >= 4 is 11.9 Å². The van der Waals surface area contributed by atoms with Crippen LogP contribution in [-0.2, 0) is 11.3 Å². The van der Waals surface area contributed by atoms with Crippen molar-refractivity contribution in [1.29, 1.82) is 0 Å². The summed E-state index contributed by atoms with van der Waals surface area (Å²) in [6.07, 6.45) is 2.73. The zero-order valence-electron chi connectivity index (χ0n) is 8.56. The molecule has 0 bridgehead atoms. The number of nitrogens with one attached hydrogen (secondary N) is 1. The van der Waals surface area contributed by atoms with Crippen molar-refractivity contribution in [1.82, 2.24) is 9.88 Å². The third kappa shape index (κ3) is 3.12. The Hall–Kier alpha value is -1.78. The third-order valence-corrected chi connectivity index (χ3v) is 1.93. The lowest BCUT2D eigenvalue weighted by molar-refractivity contribution is -0.135. The highest BCUT2D eigenvalue weighted by Crippen LogP contribution is 2.03. The predicted molar refractivity (Wildman–Crippen MR) is 54.7 cm³/mol. The topological polar surface area (TPSA) is 71.3 Å². The first kappa shape index (κ1) is 11.3. The SMILES string of the molecule is CCCn1cccc1C(=O)NCC(=O)O. The van der Waals surface area contributed by atoms with Crippen LogP contribution in [0.4, 0.5) is 0 Å². The van der Waals surface area contributed by atoms with Crippen molar-refractivity contribution < 1.29 is 14.7 Å². The summed E-state index contributed by atoms with van der Waals surface area (Å²) in [5.74, 6) is -1.40. The van der Waals surface area contributed by atoms with E-state index in [0.717, 1.165) is 13.0 Å². The fraction of sp³-hybridized carbons (Fsp3) is 0.400. The molecule has 0 radical (unpaired) electrons. The second-order valence-electron chi connectivity index (χ2n) is 3.16. The van der Waals surface area contributed by atoms with Gasteiger partial charge in [-0.2, -0.15) is 0 Å². The number of amides is 1. The molecule has 5 nitrogen and oxygen atoms in total. The summed E-state index contributed by atoms with van der Waals surface area (Å²) in [5.41, 5.74) is 0.498. The van der Waals surface area contributed by atoms with E-state index in [2.05, 4.69) is 5.32 Å². The molecule has 0 aliphatic heterocycles. The Morgan fingerprint density at radius 2 is 2.27 bits per heavy atom. The Labute approximate surface area is 87.7 Å². The van der Waals surface area contributed by atoms with E-state index in [1.807, 2.05) is 6.92 Å². The highest BCUT2D eigenvalue weighted by Gasteiger charge is 2.10. The smallest absolute Gasteiger partial charge is 0.322 e. The molecule has 1 heterocycles. The molecule has 0 spiro atoms. The van der Waals surface area contributed by atoms with Gasteiger partial charge in [-0.05, 0) is 18.6 Å². The Kier molecular flexibility index (Phi) is 3.91. The van der Waals surface area contributed by atoms with Gasteiger partial charge >= 0.3 is 5.97 Å². The van der Waals surface area contributed by atoms with E-state index >= 15 is 0 Å². The van der Waals surface area contributed by atoms with E-state index < -0.39 is 5.97 Å². The molecule has 1 aromatic rings. The number of nitrogens with zero attached hydrogens (tertiary/aromatic N) is 1. The monoisotopic (exact) mass is 210 g/mol. The van der Waals surface area contributed by atoms with Gasteiger partial charge in [0, 0.05) is 12.7 Å². The average molecular weight is 210 g/mol. The number of rotatable bonds is 5. The molecule has 0 fully saturated rings. The normalized spacial score (nSPS) is 9.93. The van der Waals surface area contributed by atoms with E-state index in [-0.39, 0.29) is 12.5 Å². The minimum Gasteiger partial charge on any atom is -0.480 e. The fourth-order valence-corrected chi connectivity index (χ4v) is 1.30. The minimum absolute atomic E-state index is 0.351. The highest BCUT2D eigenvalue weighted by atomic mass is 16.4. The van der Waals surface area contributed by atoms with Crippen LogP contribution in [0.5, 0.6) is 0 Å². The molecule has 1 rings (SSSR count). The first-order chi connectivity index (χ1) is 7.15. The average Bonchev–Trinajstić information content (AvgIpc) is 2.63. The standard InChI is InChI=1S/C10H14N2O3/c1-2-5-12-6-3-4-8(12)10(15)11-7-9(13)14/h3-4,6H,2,5,7H2,1H3,(H,11,15)(H,13,14). The van der Waals surface area contributed by atoms with Crippen LogP contribution in [0.1, 0.15) is 23.8 Å². The Morgan fingerprint density at radius 3 is 2.87 bits per heavy atom. The van der Waals surface area contributed by atoms with Crippen molar-refractivity contribution in [2.75, 3.05) is 6.54 Å². The van der Waals surface area contributed by atoms with Crippen molar-refractivity contribution in [2.24, 2.45) is 0 Å². The maximum absolute atomic E-state index is 11.5. The first-order valence-corrected chi connectivity index (χ1v) is 4.80. The van der Waals surface area contributed by atoms with Gasteiger partial charge in [0.25, 0.3) is 5.91 Å². The molecule has 0 aromatic carbocycles. The summed E-state index contributed by atoms with van der Waals surface area (Å²) in [6.45, 7) is 2.41. The molecule has 0 saturated heterocycles. The maximum Gasteiger partial charge on any atom is 0.322 e. The molecule has 1 aromatic heterocycles. The second-order valence-corrected chi connectivity index (χ2v) is 3.16. The maximum atomic E-state index is 11.5. The van der Waals surface area contributed by atoms with Crippen LogP contribution in [0.25, 0.3) is 0 Å². The molecule has 0 aliphatic rings. The third-order valence-electron chi connectivity index (χ3n) is 1.93. The molecule has 0 saturated carbocycles. The number of hydrogen-bond donors (Lipinski definition) is 2. The van der Waals surface area contributed by atoms with Gasteiger partial charge in [-0.25, -0.2) is 0 Å². The van der Waals surface area contributed by atoms with Gasteiger partial charge in [0.2, 0.25) is 0 Å². The summed E-state index contributed by atoms with van der Waals surface area (Å²) in [5, 5.41) is 10.7. The van der Waals surface area contributed by atoms with Gasteiger partial charge < -0.3 is 15.0 Å². The predicted octanol–water partition coefficient (Wildman–Crippen LogP) is 0.712. The minimum atomic E-state index is -1.04. The highest BCUT2D eigenvalue weighted by molar-refractivity contribution is 5.94. The number of carboxylic acid groups (broad SMARTS) is 1. The van der Waals surface area contributed by atoms with E-state index in [1.165, 1.54) is 0 Å². The molecular formula is C10H14N2O3. The molecule has 5 heteroatoms. The Balaban J connectivity index is 2.64. The van der Waals surface area contributed by atoms with E-state index in [4.69, 9.17) is 5.11 Å².